The van der Waals surface area contributed by atoms with E-state index in [2.05, 4.69) is 5.32 Å². The average Bonchev–Trinajstić information content (AvgIpc) is 3.40. The van der Waals surface area contributed by atoms with Crippen LogP contribution < -0.4 is 5.32 Å². The maximum Gasteiger partial charge on any atom is 0.220 e. The van der Waals surface area contributed by atoms with Crippen molar-refractivity contribution >= 4 is 17.5 Å². The molecule has 2 aromatic carbocycles. The van der Waals surface area contributed by atoms with E-state index in [4.69, 9.17) is 11.6 Å². The number of aliphatic hydroxyl groups is 1. The number of aliphatic hydroxyl groups excluding tert-OH is 1. The fraction of sp³-hybridized carbons (Fsp3) is 0.350. The monoisotopic (exact) mass is 343 g/mol. The average molecular weight is 344 g/mol. The van der Waals surface area contributed by atoms with Gasteiger partial charge in [0.2, 0.25) is 5.91 Å². The molecule has 3 rings (SSSR count). The summed E-state index contributed by atoms with van der Waals surface area (Å²) in [5, 5.41) is 13.0. The summed E-state index contributed by atoms with van der Waals surface area (Å²) in [5.74, 6) is -0.0901. The molecule has 0 saturated heterocycles. The number of amides is 1. The molecule has 4 heteroatoms. The van der Waals surface area contributed by atoms with Crippen molar-refractivity contribution in [3.8, 4) is 0 Å². The summed E-state index contributed by atoms with van der Waals surface area (Å²) < 4.78 is 0. The van der Waals surface area contributed by atoms with Gasteiger partial charge >= 0.3 is 0 Å². The third-order valence-corrected chi connectivity index (χ3v) is 5.17. The van der Waals surface area contributed by atoms with E-state index in [9.17, 15) is 9.90 Å². The van der Waals surface area contributed by atoms with Crippen LogP contribution in [0.25, 0.3) is 0 Å². The van der Waals surface area contributed by atoms with Crippen LogP contribution in [0.15, 0.2) is 54.6 Å². The summed E-state index contributed by atoms with van der Waals surface area (Å²) in [4.78, 5) is 12.5. The number of nitrogens with one attached hydrogen (secondary N) is 1. The van der Waals surface area contributed by atoms with E-state index in [0.29, 0.717) is 18.0 Å². The Labute approximate surface area is 147 Å². The first-order valence-corrected chi connectivity index (χ1v) is 8.68. The molecule has 1 atom stereocenters. The molecule has 1 amide bonds. The second-order valence-electron chi connectivity index (χ2n) is 6.62. The molecule has 0 bridgehead atoms. The second-order valence-corrected chi connectivity index (χ2v) is 7.03. The highest BCUT2D eigenvalue weighted by molar-refractivity contribution is 6.31. The van der Waals surface area contributed by atoms with Gasteiger partial charge in [-0.1, -0.05) is 60.1 Å². The van der Waals surface area contributed by atoms with E-state index in [-0.39, 0.29) is 23.8 Å². The lowest BCUT2D eigenvalue weighted by molar-refractivity contribution is -0.121. The van der Waals surface area contributed by atoms with Gasteiger partial charge in [0.25, 0.3) is 0 Å². The van der Waals surface area contributed by atoms with E-state index < -0.39 is 0 Å². The lowest BCUT2D eigenvalue weighted by Crippen LogP contribution is -2.32. The van der Waals surface area contributed by atoms with Gasteiger partial charge < -0.3 is 10.4 Å². The van der Waals surface area contributed by atoms with Gasteiger partial charge in [-0.25, -0.2) is 0 Å². The van der Waals surface area contributed by atoms with Crippen LogP contribution in [0.2, 0.25) is 5.02 Å². The zero-order valence-corrected chi connectivity index (χ0v) is 14.3. The van der Waals surface area contributed by atoms with Crippen molar-refractivity contribution in [2.24, 2.45) is 5.41 Å². The lowest BCUT2D eigenvalue weighted by atomic mass is 9.88. The van der Waals surface area contributed by atoms with Gasteiger partial charge in [0.05, 0.1) is 6.61 Å². The van der Waals surface area contributed by atoms with Crippen LogP contribution in [0.3, 0.4) is 0 Å². The van der Waals surface area contributed by atoms with Crippen molar-refractivity contribution in [1.82, 2.24) is 5.32 Å². The van der Waals surface area contributed by atoms with Crippen molar-refractivity contribution in [2.75, 3.05) is 13.2 Å². The third-order valence-electron chi connectivity index (χ3n) is 4.83. The van der Waals surface area contributed by atoms with Crippen LogP contribution in [0.5, 0.6) is 0 Å². The molecule has 1 fully saturated rings. The van der Waals surface area contributed by atoms with Crippen LogP contribution in [-0.4, -0.2) is 24.2 Å². The highest BCUT2D eigenvalue weighted by atomic mass is 35.5. The van der Waals surface area contributed by atoms with Crippen LogP contribution in [0.1, 0.15) is 36.3 Å². The van der Waals surface area contributed by atoms with Gasteiger partial charge in [0, 0.05) is 29.3 Å². The van der Waals surface area contributed by atoms with Crippen LogP contribution in [0.4, 0.5) is 0 Å². The Morgan fingerprint density at radius 2 is 1.79 bits per heavy atom. The van der Waals surface area contributed by atoms with Crippen molar-refractivity contribution in [1.29, 1.82) is 0 Å². The molecule has 2 N–H and O–H groups in total. The highest BCUT2D eigenvalue weighted by Crippen LogP contribution is 2.44. The number of benzene rings is 2. The minimum Gasteiger partial charge on any atom is -0.396 e. The van der Waals surface area contributed by atoms with Crippen molar-refractivity contribution in [3.63, 3.8) is 0 Å². The van der Waals surface area contributed by atoms with Gasteiger partial charge in [-0.15, -0.1) is 0 Å². The number of halogens is 1. The summed E-state index contributed by atoms with van der Waals surface area (Å²) in [7, 11) is 0. The van der Waals surface area contributed by atoms with Crippen molar-refractivity contribution in [3.05, 3.63) is 70.7 Å². The lowest BCUT2D eigenvalue weighted by Gasteiger charge is -2.20. The van der Waals surface area contributed by atoms with E-state index in [1.54, 1.807) is 0 Å². The largest absolute Gasteiger partial charge is 0.396 e. The predicted molar refractivity (Wildman–Crippen MR) is 96.1 cm³/mol. The Morgan fingerprint density at radius 3 is 2.42 bits per heavy atom. The minimum absolute atomic E-state index is 0.0107. The molecular formula is C20H22ClNO2. The van der Waals surface area contributed by atoms with Crippen molar-refractivity contribution < 1.29 is 9.90 Å². The quantitative estimate of drug-likeness (QED) is 0.804. The summed E-state index contributed by atoms with van der Waals surface area (Å²) in [5.41, 5.74) is 1.95. The first kappa shape index (κ1) is 17.0. The maximum absolute atomic E-state index is 12.5. The topological polar surface area (TPSA) is 49.3 Å². The molecule has 1 aliphatic carbocycles. The van der Waals surface area contributed by atoms with Gasteiger partial charge in [-0.2, -0.15) is 0 Å². The molecule has 0 radical (unpaired) electrons. The normalized spacial score (nSPS) is 16.4. The smallest absolute Gasteiger partial charge is 0.220 e. The first-order chi connectivity index (χ1) is 11.6. The zero-order valence-electron chi connectivity index (χ0n) is 13.5. The Hall–Kier alpha value is -1.84. The van der Waals surface area contributed by atoms with E-state index >= 15 is 0 Å². The molecule has 24 heavy (non-hydrogen) atoms. The fourth-order valence-electron chi connectivity index (χ4n) is 2.96. The minimum atomic E-state index is -0.0811. The Kier molecular flexibility index (Phi) is 5.22. The summed E-state index contributed by atoms with van der Waals surface area (Å²) in [6, 6.07) is 17.6. The van der Waals surface area contributed by atoms with Crippen LogP contribution >= 0.6 is 11.6 Å². The van der Waals surface area contributed by atoms with E-state index in [0.717, 1.165) is 24.0 Å². The molecule has 0 aromatic heterocycles. The standard InChI is InChI=1S/C20H22ClNO2/c21-18-9-5-4-8-16(18)17(15-6-2-1-3-7-15)12-19(24)22-13-20(14-23)10-11-20/h1-9,17,23H,10-14H2,(H,22,24). The van der Waals surface area contributed by atoms with Crippen molar-refractivity contribution in [2.45, 2.75) is 25.2 Å². The molecule has 2 aromatic rings. The Bertz CT molecular complexity index is 698. The Balaban J connectivity index is 1.75. The number of rotatable bonds is 7. The van der Waals surface area contributed by atoms with E-state index in [1.807, 2.05) is 54.6 Å². The molecule has 1 unspecified atom stereocenters. The summed E-state index contributed by atoms with van der Waals surface area (Å²) in [6.45, 7) is 0.687. The number of hydrogen-bond donors (Lipinski definition) is 2. The molecular weight excluding hydrogens is 322 g/mol. The molecule has 1 aliphatic rings. The van der Waals surface area contributed by atoms with Gasteiger partial charge in [-0.3, -0.25) is 4.79 Å². The van der Waals surface area contributed by atoms with Gasteiger partial charge in [-0.05, 0) is 30.0 Å². The molecule has 1 saturated carbocycles. The molecule has 126 valence electrons. The number of carbonyl (C=O) groups excluding carboxylic acids is 1. The second kappa shape index (κ2) is 7.37. The predicted octanol–water partition coefficient (Wildman–Crippen LogP) is 3.75. The molecule has 0 aliphatic heterocycles. The maximum atomic E-state index is 12.5. The van der Waals surface area contributed by atoms with Gasteiger partial charge in [0.1, 0.15) is 0 Å². The summed E-state index contributed by atoms with van der Waals surface area (Å²) in [6.07, 6.45) is 2.31. The number of hydrogen-bond acceptors (Lipinski definition) is 2. The SMILES string of the molecule is O=C(CC(c1ccccc1)c1ccccc1Cl)NCC1(CO)CC1. The molecule has 0 spiro atoms. The molecule has 0 heterocycles. The fourth-order valence-corrected chi connectivity index (χ4v) is 3.23. The highest BCUT2D eigenvalue weighted by Gasteiger charge is 2.42. The van der Waals surface area contributed by atoms with Crippen LogP contribution in [0, 0.1) is 5.41 Å². The van der Waals surface area contributed by atoms with Crippen LogP contribution in [-0.2, 0) is 4.79 Å². The number of carbonyl (C=O) groups is 1. The van der Waals surface area contributed by atoms with E-state index in [1.165, 1.54) is 0 Å². The molecule has 3 nitrogen and oxygen atoms in total. The third kappa shape index (κ3) is 3.97. The Morgan fingerprint density at radius 1 is 1.12 bits per heavy atom. The summed E-state index contributed by atoms with van der Waals surface area (Å²) >= 11 is 6.37. The zero-order chi connectivity index (χ0) is 17.0. The first-order valence-electron chi connectivity index (χ1n) is 8.30. The van der Waals surface area contributed by atoms with Gasteiger partial charge in [0.15, 0.2) is 0 Å².